The van der Waals surface area contributed by atoms with Crippen molar-refractivity contribution in [2.75, 3.05) is 0 Å². The van der Waals surface area contributed by atoms with Gasteiger partial charge in [0.15, 0.2) is 5.78 Å². The van der Waals surface area contributed by atoms with Crippen LogP contribution in [0, 0.1) is 5.92 Å². The molecule has 0 N–H and O–H groups in total. The Hall–Kier alpha value is -1.96. The zero-order valence-corrected chi connectivity index (χ0v) is 18.8. The molecule has 1 aromatic heterocycles. The van der Waals surface area contributed by atoms with Crippen molar-refractivity contribution in [1.29, 1.82) is 0 Å². The van der Waals surface area contributed by atoms with Crippen LogP contribution in [-0.2, 0) is 6.42 Å². The SMILES string of the molecule is CCCCCCCc1ccnc(-c2ccccc2C(=O)CCCCC(C)CC)c1. The van der Waals surface area contributed by atoms with Crippen LogP contribution >= 0.6 is 0 Å². The molecule has 1 atom stereocenters. The first kappa shape index (κ1) is 23.3. The predicted molar refractivity (Wildman–Crippen MR) is 124 cm³/mol. The van der Waals surface area contributed by atoms with Gasteiger partial charge in [0.25, 0.3) is 0 Å². The average molecular weight is 394 g/mol. The van der Waals surface area contributed by atoms with E-state index in [1.54, 1.807) is 0 Å². The summed E-state index contributed by atoms with van der Waals surface area (Å²) in [6.45, 7) is 6.78. The van der Waals surface area contributed by atoms with Crippen molar-refractivity contribution in [2.24, 2.45) is 5.92 Å². The summed E-state index contributed by atoms with van der Waals surface area (Å²) in [4.78, 5) is 17.5. The van der Waals surface area contributed by atoms with Crippen molar-refractivity contribution in [2.45, 2.75) is 91.4 Å². The third-order valence-electron chi connectivity index (χ3n) is 5.94. The summed E-state index contributed by atoms with van der Waals surface area (Å²) >= 11 is 0. The van der Waals surface area contributed by atoms with Gasteiger partial charge in [0.2, 0.25) is 0 Å². The van der Waals surface area contributed by atoms with Crippen molar-refractivity contribution < 1.29 is 4.79 Å². The number of Topliss-reactive ketones (excluding diaryl/α,β-unsaturated/α-hetero) is 1. The summed E-state index contributed by atoms with van der Waals surface area (Å²) in [6.07, 6.45) is 14.6. The number of aryl methyl sites for hydroxylation is 1. The van der Waals surface area contributed by atoms with Crippen LogP contribution in [0.1, 0.15) is 101 Å². The van der Waals surface area contributed by atoms with Crippen molar-refractivity contribution in [1.82, 2.24) is 4.98 Å². The lowest BCUT2D eigenvalue weighted by Gasteiger charge is -2.11. The fourth-order valence-electron chi connectivity index (χ4n) is 3.78. The molecule has 0 aliphatic carbocycles. The maximum Gasteiger partial charge on any atom is 0.163 e. The van der Waals surface area contributed by atoms with Gasteiger partial charge in [-0.2, -0.15) is 0 Å². The van der Waals surface area contributed by atoms with Crippen LogP contribution in [-0.4, -0.2) is 10.8 Å². The number of nitrogens with zero attached hydrogens (tertiary/aromatic N) is 1. The van der Waals surface area contributed by atoms with Crippen LogP contribution < -0.4 is 0 Å². The first-order valence-electron chi connectivity index (χ1n) is 11.7. The fourth-order valence-corrected chi connectivity index (χ4v) is 3.78. The van der Waals surface area contributed by atoms with E-state index in [0.29, 0.717) is 6.42 Å². The minimum absolute atomic E-state index is 0.247. The highest BCUT2D eigenvalue weighted by molar-refractivity contribution is 6.01. The highest BCUT2D eigenvalue weighted by Gasteiger charge is 2.13. The number of rotatable bonds is 14. The minimum Gasteiger partial charge on any atom is -0.294 e. The molecule has 1 heterocycles. The maximum absolute atomic E-state index is 12.9. The Balaban J connectivity index is 2.00. The molecule has 0 saturated heterocycles. The van der Waals surface area contributed by atoms with Crippen molar-refractivity contribution in [3.05, 3.63) is 53.7 Å². The number of hydrogen-bond acceptors (Lipinski definition) is 2. The molecular weight excluding hydrogens is 354 g/mol. The number of pyridine rings is 1. The molecule has 1 aromatic carbocycles. The van der Waals surface area contributed by atoms with Gasteiger partial charge in [-0.25, -0.2) is 0 Å². The molecular formula is C27H39NO. The molecule has 0 saturated carbocycles. The molecule has 2 nitrogen and oxygen atoms in total. The molecule has 2 aromatic rings. The van der Waals surface area contributed by atoms with Gasteiger partial charge < -0.3 is 0 Å². The number of carbonyl (C=O) groups excluding carboxylic acids is 1. The van der Waals surface area contributed by atoms with Gasteiger partial charge in [0.1, 0.15) is 0 Å². The first-order valence-corrected chi connectivity index (χ1v) is 11.7. The topological polar surface area (TPSA) is 30.0 Å². The Morgan fingerprint density at radius 2 is 1.76 bits per heavy atom. The highest BCUT2D eigenvalue weighted by Crippen LogP contribution is 2.25. The molecule has 0 fully saturated rings. The zero-order chi connectivity index (χ0) is 20.9. The van der Waals surface area contributed by atoms with E-state index >= 15 is 0 Å². The summed E-state index contributed by atoms with van der Waals surface area (Å²) < 4.78 is 0. The summed E-state index contributed by atoms with van der Waals surface area (Å²) in [5.74, 6) is 1.00. The smallest absolute Gasteiger partial charge is 0.163 e. The van der Waals surface area contributed by atoms with E-state index in [2.05, 4.69) is 37.9 Å². The Morgan fingerprint density at radius 3 is 2.55 bits per heavy atom. The van der Waals surface area contributed by atoms with Crippen LogP contribution in [0.5, 0.6) is 0 Å². The van der Waals surface area contributed by atoms with Gasteiger partial charge in [-0.15, -0.1) is 0 Å². The van der Waals surface area contributed by atoms with E-state index in [1.807, 2.05) is 30.5 Å². The molecule has 29 heavy (non-hydrogen) atoms. The number of ketones is 1. The van der Waals surface area contributed by atoms with Gasteiger partial charge in [-0.3, -0.25) is 9.78 Å². The standard InChI is InChI=1S/C27H39NO/c1-4-6-7-8-9-15-23-19-20-28-26(21-23)24-16-11-12-17-25(24)27(29)18-13-10-14-22(3)5-2/h11-12,16-17,19-22H,4-10,13-15,18H2,1-3H3. The fraction of sp³-hybridized carbons (Fsp3) is 0.556. The molecule has 0 aliphatic heterocycles. The largest absolute Gasteiger partial charge is 0.294 e. The summed E-state index contributed by atoms with van der Waals surface area (Å²) in [5, 5.41) is 0. The van der Waals surface area contributed by atoms with Crippen molar-refractivity contribution in [3.8, 4) is 11.3 Å². The van der Waals surface area contributed by atoms with Crippen LogP contribution in [0.25, 0.3) is 11.3 Å². The molecule has 158 valence electrons. The Labute approximate surface area is 178 Å². The number of benzene rings is 1. The van der Waals surface area contributed by atoms with Crippen LogP contribution in [0.2, 0.25) is 0 Å². The van der Waals surface area contributed by atoms with E-state index in [-0.39, 0.29) is 5.78 Å². The second-order valence-electron chi connectivity index (χ2n) is 8.44. The lowest BCUT2D eigenvalue weighted by atomic mass is 9.95. The third-order valence-corrected chi connectivity index (χ3v) is 5.94. The van der Waals surface area contributed by atoms with E-state index < -0.39 is 0 Å². The molecule has 2 heteroatoms. The van der Waals surface area contributed by atoms with Gasteiger partial charge in [-0.05, 0) is 42.9 Å². The van der Waals surface area contributed by atoms with Gasteiger partial charge >= 0.3 is 0 Å². The lowest BCUT2D eigenvalue weighted by molar-refractivity contribution is 0.0979. The second-order valence-corrected chi connectivity index (χ2v) is 8.44. The van der Waals surface area contributed by atoms with E-state index in [9.17, 15) is 4.79 Å². The minimum atomic E-state index is 0.247. The van der Waals surface area contributed by atoms with Crippen LogP contribution in [0.3, 0.4) is 0 Å². The molecule has 0 bridgehead atoms. The number of hydrogen-bond donors (Lipinski definition) is 0. The summed E-state index contributed by atoms with van der Waals surface area (Å²) in [6, 6.07) is 12.3. The van der Waals surface area contributed by atoms with E-state index in [4.69, 9.17) is 0 Å². The Kier molecular flexibility index (Phi) is 10.7. The van der Waals surface area contributed by atoms with Gasteiger partial charge in [0.05, 0.1) is 5.69 Å². The lowest BCUT2D eigenvalue weighted by Crippen LogP contribution is -2.03. The molecule has 0 amide bonds. The third kappa shape index (κ3) is 8.12. The van der Waals surface area contributed by atoms with E-state index in [0.717, 1.165) is 42.0 Å². The van der Waals surface area contributed by atoms with Crippen molar-refractivity contribution >= 4 is 5.78 Å². The summed E-state index contributed by atoms with van der Waals surface area (Å²) in [7, 11) is 0. The molecule has 2 rings (SSSR count). The number of aromatic nitrogens is 1. The monoisotopic (exact) mass is 393 g/mol. The number of unbranched alkanes of at least 4 members (excludes halogenated alkanes) is 5. The highest BCUT2D eigenvalue weighted by atomic mass is 16.1. The van der Waals surface area contributed by atoms with Crippen LogP contribution in [0.15, 0.2) is 42.6 Å². The zero-order valence-electron chi connectivity index (χ0n) is 18.8. The molecule has 0 spiro atoms. The predicted octanol–water partition coefficient (Wildman–Crippen LogP) is 8.05. The molecule has 0 radical (unpaired) electrons. The Bertz CT molecular complexity index is 737. The summed E-state index contributed by atoms with van der Waals surface area (Å²) in [5.41, 5.74) is 4.05. The van der Waals surface area contributed by atoms with E-state index in [1.165, 1.54) is 50.5 Å². The second kappa shape index (κ2) is 13.3. The average Bonchev–Trinajstić information content (AvgIpc) is 2.76. The van der Waals surface area contributed by atoms with Gasteiger partial charge in [0, 0.05) is 23.7 Å². The quantitative estimate of drug-likeness (QED) is 0.240. The Morgan fingerprint density at radius 1 is 0.966 bits per heavy atom. The normalized spacial score (nSPS) is 12.1. The maximum atomic E-state index is 12.9. The molecule has 0 aliphatic rings. The molecule has 1 unspecified atom stereocenters. The van der Waals surface area contributed by atoms with Crippen molar-refractivity contribution in [3.63, 3.8) is 0 Å². The number of carbonyl (C=O) groups is 1. The van der Waals surface area contributed by atoms with Crippen LogP contribution in [0.4, 0.5) is 0 Å². The first-order chi connectivity index (χ1) is 14.2. The van der Waals surface area contributed by atoms with Gasteiger partial charge in [-0.1, -0.05) is 90.0 Å².